The summed E-state index contributed by atoms with van der Waals surface area (Å²) in [7, 11) is 0. The number of hydrogen-bond acceptors (Lipinski definition) is 3. The molecule has 0 spiro atoms. The van der Waals surface area contributed by atoms with Gasteiger partial charge in [-0.2, -0.15) is 0 Å². The third kappa shape index (κ3) is 3.68. The first-order chi connectivity index (χ1) is 13.9. The van der Waals surface area contributed by atoms with Crippen molar-refractivity contribution in [1.29, 1.82) is 0 Å². The largest absolute Gasteiger partial charge is 0.366 e. The highest BCUT2D eigenvalue weighted by Gasteiger charge is 2.13. The molecule has 29 heavy (non-hydrogen) atoms. The summed E-state index contributed by atoms with van der Waals surface area (Å²) in [5.41, 5.74) is 7.26. The van der Waals surface area contributed by atoms with Crippen LogP contribution in [0, 0.1) is 11.6 Å². The van der Waals surface area contributed by atoms with Gasteiger partial charge < -0.3 is 16.0 Å². The number of rotatable bonds is 4. The molecule has 0 saturated heterocycles. The Morgan fingerprint density at radius 1 is 0.966 bits per heavy atom. The van der Waals surface area contributed by atoms with Crippen LogP contribution in [0.3, 0.4) is 0 Å². The van der Waals surface area contributed by atoms with Crippen LogP contribution in [-0.2, 0) is 0 Å². The van der Waals surface area contributed by atoms with Gasteiger partial charge in [0.05, 0.1) is 16.6 Å². The summed E-state index contributed by atoms with van der Waals surface area (Å²) in [6.07, 6.45) is 0. The number of fused-ring (bicyclic) bond motifs is 1. The van der Waals surface area contributed by atoms with Gasteiger partial charge in [0.25, 0.3) is 5.91 Å². The molecule has 6 nitrogen and oxygen atoms in total. The Morgan fingerprint density at radius 2 is 1.76 bits per heavy atom. The standard InChI is InChI=1S/C21H14F2N4O2/c22-13-4-6-16(23)15(9-13)20-26-17-7-5-14(10-18(17)27-20)25-21(29)12-3-1-2-11(8-12)19(24)28/h1-10H,(H2,24,28)(H,25,29)(H,26,27). The average molecular weight is 392 g/mol. The van der Waals surface area contributed by atoms with E-state index in [1.54, 1.807) is 30.3 Å². The fourth-order valence-electron chi connectivity index (χ4n) is 2.91. The summed E-state index contributed by atoms with van der Waals surface area (Å²) >= 11 is 0. The van der Waals surface area contributed by atoms with Gasteiger partial charge in [0, 0.05) is 16.8 Å². The SMILES string of the molecule is NC(=O)c1cccc(C(=O)Nc2ccc3nc(-c4cc(F)ccc4F)[nH]c3c2)c1. The average Bonchev–Trinajstić information content (AvgIpc) is 3.13. The molecule has 0 atom stereocenters. The van der Waals surface area contributed by atoms with Crippen molar-refractivity contribution in [2.24, 2.45) is 5.73 Å². The predicted octanol–water partition coefficient (Wildman–Crippen LogP) is 3.86. The second-order valence-electron chi connectivity index (χ2n) is 6.34. The van der Waals surface area contributed by atoms with E-state index in [-0.39, 0.29) is 22.5 Å². The summed E-state index contributed by atoms with van der Waals surface area (Å²) in [4.78, 5) is 30.9. The van der Waals surface area contributed by atoms with Crippen molar-refractivity contribution in [3.8, 4) is 11.4 Å². The Balaban J connectivity index is 1.62. The second kappa shape index (κ2) is 7.16. The number of amides is 2. The van der Waals surface area contributed by atoms with Gasteiger partial charge in [-0.05, 0) is 54.6 Å². The van der Waals surface area contributed by atoms with Crippen molar-refractivity contribution in [3.05, 3.63) is 83.4 Å². The summed E-state index contributed by atoms with van der Waals surface area (Å²) in [5, 5.41) is 2.71. The van der Waals surface area contributed by atoms with Gasteiger partial charge in [-0.1, -0.05) is 6.07 Å². The molecule has 3 aromatic carbocycles. The molecule has 0 saturated carbocycles. The lowest BCUT2D eigenvalue weighted by atomic mass is 10.1. The van der Waals surface area contributed by atoms with Crippen LogP contribution in [0.1, 0.15) is 20.7 Å². The van der Waals surface area contributed by atoms with Crippen LogP contribution >= 0.6 is 0 Å². The van der Waals surface area contributed by atoms with Crippen molar-refractivity contribution in [1.82, 2.24) is 9.97 Å². The molecule has 0 aliphatic heterocycles. The van der Waals surface area contributed by atoms with E-state index in [2.05, 4.69) is 15.3 Å². The molecular weight excluding hydrogens is 378 g/mol. The maximum Gasteiger partial charge on any atom is 0.255 e. The zero-order chi connectivity index (χ0) is 20.5. The molecule has 4 N–H and O–H groups in total. The molecule has 0 aliphatic rings. The summed E-state index contributed by atoms with van der Waals surface area (Å²) in [5.74, 6) is -2.06. The third-order valence-electron chi connectivity index (χ3n) is 4.33. The minimum absolute atomic E-state index is 0.00931. The number of nitrogens with two attached hydrogens (primary N) is 1. The van der Waals surface area contributed by atoms with Crippen LogP contribution in [0.2, 0.25) is 0 Å². The van der Waals surface area contributed by atoms with Gasteiger partial charge in [0.15, 0.2) is 0 Å². The molecule has 8 heteroatoms. The Bertz CT molecular complexity index is 1270. The minimum atomic E-state index is -0.629. The van der Waals surface area contributed by atoms with Crippen molar-refractivity contribution in [3.63, 3.8) is 0 Å². The number of carbonyl (C=O) groups excluding carboxylic acids is 2. The fraction of sp³-hybridized carbons (Fsp3) is 0. The first-order valence-corrected chi connectivity index (χ1v) is 8.57. The Morgan fingerprint density at radius 3 is 2.55 bits per heavy atom. The molecule has 144 valence electrons. The normalized spacial score (nSPS) is 10.8. The number of primary amides is 1. The first kappa shape index (κ1) is 18.3. The molecule has 2 amide bonds. The van der Waals surface area contributed by atoms with Crippen LogP contribution in [0.15, 0.2) is 60.7 Å². The number of H-pyrrole nitrogens is 1. The highest BCUT2D eigenvalue weighted by atomic mass is 19.1. The molecule has 4 rings (SSSR count). The minimum Gasteiger partial charge on any atom is -0.366 e. The molecule has 0 unspecified atom stereocenters. The zero-order valence-electron chi connectivity index (χ0n) is 14.9. The number of hydrogen-bond donors (Lipinski definition) is 3. The monoisotopic (exact) mass is 392 g/mol. The van der Waals surface area contributed by atoms with Crippen LogP contribution in [-0.4, -0.2) is 21.8 Å². The quantitative estimate of drug-likeness (QED) is 0.492. The molecule has 1 heterocycles. The number of nitrogens with one attached hydrogen (secondary N) is 2. The van der Waals surface area contributed by atoms with Crippen molar-refractivity contribution in [2.45, 2.75) is 0 Å². The molecule has 4 aromatic rings. The predicted molar refractivity (Wildman–Crippen MR) is 104 cm³/mol. The van der Waals surface area contributed by atoms with Gasteiger partial charge in [-0.15, -0.1) is 0 Å². The molecular formula is C21H14F2N4O2. The Labute approximate surface area is 163 Å². The maximum atomic E-state index is 14.0. The van der Waals surface area contributed by atoms with E-state index in [0.717, 1.165) is 18.2 Å². The van der Waals surface area contributed by atoms with E-state index in [1.807, 2.05) is 0 Å². The lowest BCUT2D eigenvalue weighted by Crippen LogP contribution is -2.15. The number of aromatic nitrogens is 2. The number of imidazole rings is 1. The summed E-state index contributed by atoms with van der Waals surface area (Å²) in [6.45, 7) is 0. The van der Waals surface area contributed by atoms with E-state index < -0.39 is 23.4 Å². The van der Waals surface area contributed by atoms with Gasteiger partial charge in [-0.3, -0.25) is 9.59 Å². The van der Waals surface area contributed by atoms with E-state index in [0.29, 0.717) is 16.7 Å². The highest BCUT2D eigenvalue weighted by Crippen LogP contribution is 2.25. The smallest absolute Gasteiger partial charge is 0.255 e. The second-order valence-corrected chi connectivity index (χ2v) is 6.34. The van der Waals surface area contributed by atoms with Gasteiger partial charge in [0.2, 0.25) is 5.91 Å². The number of nitrogens with zero attached hydrogens (tertiary/aromatic N) is 1. The highest BCUT2D eigenvalue weighted by molar-refractivity contribution is 6.06. The third-order valence-corrected chi connectivity index (χ3v) is 4.33. The van der Waals surface area contributed by atoms with Gasteiger partial charge in [-0.25, -0.2) is 13.8 Å². The summed E-state index contributed by atoms with van der Waals surface area (Å²) < 4.78 is 27.4. The van der Waals surface area contributed by atoms with Crippen molar-refractivity contribution in [2.75, 3.05) is 5.32 Å². The topological polar surface area (TPSA) is 101 Å². The number of aromatic amines is 1. The number of benzene rings is 3. The maximum absolute atomic E-state index is 14.0. The van der Waals surface area contributed by atoms with E-state index in [9.17, 15) is 18.4 Å². The van der Waals surface area contributed by atoms with Gasteiger partial charge >= 0.3 is 0 Å². The zero-order valence-corrected chi connectivity index (χ0v) is 14.9. The van der Waals surface area contributed by atoms with Crippen LogP contribution in [0.25, 0.3) is 22.4 Å². The molecule has 0 aliphatic carbocycles. The molecule has 0 fully saturated rings. The molecule has 1 aromatic heterocycles. The molecule has 0 bridgehead atoms. The van der Waals surface area contributed by atoms with Crippen molar-refractivity contribution < 1.29 is 18.4 Å². The summed E-state index contributed by atoms with van der Waals surface area (Å²) in [6, 6.07) is 14.0. The Kier molecular flexibility index (Phi) is 4.52. The Hall–Kier alpha value is -4.07. The van der Waals surface area contributed by atoms with Crippen LogP contribution in [0.5, 0.6) is 0 Å². The number of halogens is 2. The van der Waals surface area contributed by atoms with E-state index >= 15 is 0 Å². The lowest BCUT2D eigenvalue weighted by molar-refractivity contribution is 0.1000. The van der Waals surface area contributed by atoms with Gasteiger partial charge in [0.1, 0.15) is 17.5 Å². The van der Waals surface area contributed by atoms with Crippen LogP contribution in [0.4, 0.5) is 14.5 Å². The van der Waals surface area contributed by atoms with E-state index in [1.165, 1.54) is 12.1 Å². The molecule has 0 radical (unpaired) electrons. The van der Waals surface area contributed by atoms with Crippen molar-refractivity contribution >= 4 is 28.5 Å². The van der Waals surface area contributed by atoms with Crippen LogP contribution < -0.4 is 11.1 Å². The number of anilines is 1. The van der Waals surface area contributed by atoms with E-state index in [4.69, 9.17) is 5.73 Å². The first-order valence-electron chi connectivity index (χ1n) is 8.57. The number of carbonyl (C=O) groups is 2. The fourth-order valence-corrected chi connectivity index (χ4v) is 2.91. The lowest BCUT2D eigenvalue weighted by Gasteiger charge is -2.06.